The number of benzene rings is 1. The van der Waals surface area contributed by atoms with E-state index in [1.165, 1.54) is 0 Å². The topological polar surface area (TPSA) is 59.1 Å². The van der Waals surface area contributed by atoms with E-state index in [2.05, 4.69) is 14.1 Å². The molecule has 132 valence electrons. The Kier molecular flexibility index (Phi) is 4.77. The number of likely N-dealkylation sites (N-methyl/N-ethyl adjacent to an activating group) is 1. The zero-order chi connectivity index (χ0) is 16.2. The number of carbonyl (C=O) groups excluding carboxylic acids is 1. The molecule has 6 atom stereocenters. The molecular formula is C18H24BrNO4. The lowest BCUT2D eigenvalue weighted by molar-refractivity contribution is -0.938. The molecule has 0 spiro atoms. The van der Waals surface area contributed by atoms with Crippen LogP contribution in [0.4, 0.5) is 0 Å². The summed E-state index contributed by atoms with van der Waals surface area (Å²) < 4.78 is 12.5. The number of fused-ring (bicyclic) bond motifs is 5. The van der Waals surface area contributed by atoms with Gasteiger partial charge in [-0.1, -0.05) is 30.3 Å². The van der Waals surface area contributed by atoms with Crippen molar-refractivity contribution in [2.45, 2.75) is 49.2 Å². The minimum absolute atomic E-state index is 0. The summed E-state index contributed by atoms with van der Waals surface area (Å²) in [5.74, 6) is -0.908. The van der Waals surface area contributed by atoms with Crippen LogP contribution in [0, 0.1) is 0 Å². The van der Waals surface area contributed by atoms with Gasteiger partial charge in [-0.05, 0) is 5.56 Å². The number of epoxide rings is 1. The van der Waals surface area contributed by atoms with E-state index in [4.69, 9.17) is 9.47 Å². The van der Waals surface area contributed by atoms with Crippen LogP contribution in [-0.4, -0.2) is 66.7 Å². The van der Waals surface area contributed by atoms with Crippen molar-refractivity contribution >= 4 is 5.97 Å². The molecule has 0 amide bonds. The number of piperidine rings is 1. The van der Waals surface area contributed by atoms with Crippen LogP contribution in [0.2, 0.25) is 0 Å². The summed E-state index contributed by atoms with van der Waals surface area (Å²) in [7, 11) is 4.51. The summed E-state index contributed by atoms with van der Waals surface area (Å²) in [6, 6.07) is 10.2. The van der Waals surface area contributed by atoms with Gasteiger partial charge in [-0.2, -0.15) is 0 Å². The summed E-state index contributed by atoms with van der Waals surface area (Å²) in [6.07, 6.45) is 2.34. The fraction of sp³-hybridized carbons (Fsp3) is 0.611. The fourth-order valence-electron chi connectivity index (χ4n) is 4.55. The summed E-state index contributed by atoms with van der Waals surface area (Å²) in [5.41, 5.74) is 0.807. The maximum absolute atomic E-state index is 12.5. The molecule has 0 aliphatic carbocycles. The van der Waals surface area contributed by atoms with E-state index in [0.717, 1.165) is 22.9 Å². The second-order valence-electron chi connectivity index (χ2n) is 7.51. The molecule has 6 heteroatoms. The predicted octanol–water partition coefficient (Wildman–Crippen LogP) is -1.93. The molecule has 24 heavy (non-hydrogen) atoms. The largest absolute Gasteiger partial charge is 1.00 e. The summed E-state index contributed by atoms with van der Waals surface area (Å²) in [6.45, 7) is -0.224. The third-order valence-corrected chi connectivity index (χ3v) is 5.99. The van der Waals surface area contributed by atoms with Gasteiger partial charge in [-0.15, -0.1) is 0 Å². The van der Waals surface area contributed by atoms with Crippen LogP contribution in [0.15, 0.2) is 30.3 Å². The van der Waals surface area contributed by atoms with Crippen LogP contribution in [0.5, 0.6) is 0 Å². The number of rotatable bonds is 4. The van der Waals surface area contributed by atoms with Crippen molar-refractivity contribution in [3.63, 3.8) is 0 Å². The van der Waals surface area contributed by atoms with E-state index >= 15 is 0 Å². The maximum Gasteiger partial charge on any atom is 0.316 e. The Labute approximate surface area is 152 Å². The highest BCUT2D eigenvalue weighted by atomic mass is 79.9. The molecule has 3 saturated heterocycles. The molecule has 1 N–H and O–H groups in total. The number of esters is 1. The fourth-order valence-corrected chi connectivity index (χ4v) is 4.55. The summed E-state index contributed by atoms with van der Waals surface area (Å²) in [5, 5.41) is 9.60. The number of aliphatic hydroxyl groups is 1. The number of hydrogen-bond donors (Lipinski definition) is 1. The molecule has 2 bridgehead atoms. The molecule has 3 heterocycles. The molecule has 3 fully saturated rings. The Morgan fingerprint density at radius 3 is 2.38 bits per heavy atom. The van der Waals surface area contributed by atoms with E-state index in [9.17, 15) is 9.90 Å². The summed E-state index contributed by atoms with van der Waals surface area (Å²) in [4.78, 5) is 12.5. The zero-order valence-corrected chi connectivity index (χ0v) is 15.6. The molecule has 3 aliphatic heterocycles. The lowest BCUT2D eigenvalue weighted by Crippen LogP contribution is -3.00. The van der Waals surface area contributed by atoms with Crippen LogP contribution in [-0.2, 0) is 14.3 Å². The quantitative estimate of drug-likeness (QED) is 0.365. The first kappa shape index (κ1) is 17.9. The van der Waals surface area contributed by atoms with Crippen molar-refractivity contribution in [3.8, 4) is 0 Å². The van der Waals surface area contributed by atoms with E-state index in [1.54, 1.807) is 0 Å². The highest BCUT2D eigenvalue weighted by Crippen LogP contribution is 2.51. The number of quaternary nitrogens is 1. The van der Waals surface area contributed by atoms with Crippen molar-refractivity contribution in [2.75, 3.05) is 20.7 Å². The second-order valence-corrected chi connectivity index (χ2v) is 7.51. The molecule has 4 rings (SSSR count). The van der Waals surface area contributed by atoms with Gasteiger partial charge in [0, 0.05) is 12.8 Å². The third kappa shape index (κ3) is 2.79. The number of nitrogens with zero attached hydrogens (tertiary/aromatic N) is 1. The zero-order valence-electron chi connectivity index (χ0n) is 14.0. The molecular weight excluding hydrogens is 374 g/mol. The maximum atomic E-state index is 12.5. The first-order valence-corrected chi connectivity index (χ1v) is 8.37. The van der Waals surface area contributed by atoms with Crippen LogP contribution < -0.4 is 17.0 Å². The average molecular weight is 398 g/mol. The Morgan fingerprint density at radius 2 is 1.83 bits per heavy atom. The predicted molar refractivity (Wildman–Crippen MR) is 83.7 cm³/mol. The number of morpholine rings is 1. The second kappa shape index (κ2) is 6.41. The van der Waals surface area contributed by atoms with Gasteiger partial charge in [-0.25, -0.2) is 0 Å². The van der Waals surface area contributed by atoms with Gasteiger partial charge >= 0.3 is 5.97 Å². The SMILES string of the molecule is C[N+]1(C)[C@@H]2CC(OC(=O)C(CO)c3ccccc3)C[C@H]1[C@@H]1O[C@@H]12.[Br-]. The molecule has 0 radical (unpaired) electrons. The van der Waals surface area contributed by atoms with Gasteiger partial charge in [0.25, 0.3) is 0 Å². The minimum atomic E-state index is -0.593. The molecule has 1 aromatic rings. The van der Waals surface area contributed by atoms with Gasteiger partial charge < -0.3 is 36.0 Å². The Hall–Kier alpha value is -0.950. The van der Waals surface area contributed by atoms with E-state index in [-0.39, 0.29) is 35.7 Å². The van der Waals surface area contributed by atoms with Crippen LogP contribution in [0.3, 0.4) is 0 Å². The van der Waals surface area contributed by atoms with E-state index in [0.29, 0.717) is 24.3 Å². The first-order valence-electron chi connectivity index (χ1n) is 8.37. The smallest absolute Gasteiger partial charge is 0.316 e. The third-order valence-electron chi connectivity index (χ3n) is 5.99. The highest BCUT2D eigenvalue weighted by Gasteiger charge is 2.70. The van der Waals surface area contributed by atoms with E-state index < -0.39 is 5.92 Å². The van der Waals surface area contributed by atoms with Gasteiger partial charge in [0.05, 0.1) is 20.7 Å². The molecule has 1 aromatic carbocycles. The molecule has 2 unspecified atom stereocenters. The van der Waals surface area contributed by atoms with Crippen molar-refractivity contribution < 1.29 is 40.8 Å². The Morgan fingerprint density at radius 1 is 1.25 bits per heavy atom. The number of carbonyl (C=O) groups is 1. The van der Waals surface area contributed by atoms with E-state index in [1.807, 2.05) is 30.3 Å². The van der Waals surface area contributed by atoms with Crippen molar-refractivity contribution in [1.29, 1.82) is 0 Å². The molecule has 0 saturated carbocycles. The molecule has 5 nitrogen and oxygen atoms in total. The Balaban J connectivity index is 0.00000169. The lowest BCUT2D eigenvalue weighted by Gasteiger charge is -2.45. The minimum Gasteiger partial charge on any atom is -1.00 e. The number of aliphatic hydroxyl groups excluding tert-OH is 1. The van der Waals surface area contributed by atoms with Crippen LogP contribution in [0.25, 0.3) is 0 Å². The van der Waals surface area contributed by atoms with Gasteiger partial charge in [0.1, 0.15) is 36.3 Å². The highest BCUT2D eigenvalue weighted by molar-refractivity contribution is 5.78. The monoisotopic (exact) mass is 397 g/mol. The lowest BCUT2D eigenvalue weighted by atomic mass is 9.95. The van der Waals surface area contributed by atoms with Crippen molar-refractivity contribution in [1.82, 2.24) is 0 Å². The van der Waals surface area contributed by atoms with Gasteiger partial charge in [0.2, 0.25) is 0 Å². The van der Waals surface area contributed by atoms with Crippen LogP contribution in [0.1, 0.15) is 24.3 Å². The molecule has 0 aromatic heterocycles. The number of halogens is 1. The molecule has 3 aliphatic rings. The number of hydrogen-bond acceptors (Lipinski definition) is 4. The van der Waals surface area contributed by atoms with Crippen molar-refractivity contribution in [3.05, 3.63) is 35.9 Å². The van der Waals surface area contributed by atoms with Crippen LogP contribution >= 0.6 is 0 Å². The average Bonchev–Trinajstić information content (AvgIpc) is 3.27. The standard InChI is InChI=1S/C18H24NO4.BrH/c1-19(2)14-8-12(9-15(19)17-16(14)23-17)22-18(21)13(10-20)11-6-4-3-5-7-11;/h3-7,12-17,20H,8-10H2,1-2H3;1H/q+1;/p-1/t12?,13?,14-,15+,16-,17+;. The van der Waals surface area contributed by atoms with Crippen molar-refractivity contribution in [2.24, 2.45) is 0 Å². The first-order chi connectivity index (χ1) is 11.0. The number of ether oxygens (including phenoxy) is 2. The Bertz CT molecular complexity index is 588. The van der Waals surface area contributed by atoms with Gasteiger partial charge in [-0.3, -0.25) is 4.79 Å². The summed E-state index contributed by atoms with van der Waals surface area (Å²) >= 11 is 0. The van der Waals surface area contributed by atoms with Gasteiger partial charge in [0.15, 0.2) is 0 Å². The normalized spacial score (nSPS) is 36.2.